The Morgan fingerprint density at radius 3 is 2.11 bits per heavy atom. The van der Waals surface area contributed by atoms with Crippen molar-refractivity contribution < 1.29 is 9.90 Å². The van der Waals surface area contributed by atoms with Gasteiger partial charge in [-0.2, -0.15) is 0 Å². The Bertz CT molecular complexity index is 335. The van der Waals surface area contributed by atoms with Crippen molar-refractivity contribution in [2.24, 2.45) is 5.92 Å². The monoisotopic (exact) mass is 267 g/mol. The van der Waals surface area contributed by atoms with E-state index in [1.807, 2.05) is 19.2 Å². The molecule has 0 spiro atoms. The Hall–Kier alpha value is -1.51. The lowest BCUT2D eigenvalue weighted by Gasteiger charge is -2.06. The topological polar surface area (TPSA) is 49.3 Å². The fraction of sp³-hybridized carbons (Fsp3) is 0.562. The lowest BCUT2D eigenvalue weighted by Crippen LogP contribution is -2.13. The van der Waals surface area contributed by atoms with Crippen molar-refractivity contribution in [3.8, 4) is 0 Å². The molecule has 1 aromatic rings. The van der Waals surface area contributed by atoms with Gasteiger partial charge in [0.25, 0.3) is 0 Å². The summed E-state index contributed by atoms with van der Waals surface area (Å²) in [6, 6.07) is 8.66. The summed E-state index contributed by atoms with van der Waals surface area (Å²) < 4.78 is 0. The summed E-state index contributed by atoms with van der Waals surface area (Å²) in [7, 11) is 1.35. The van der Waals surface area contributed by atoms with Gasteiger partial charge in [-0.3, -0.25) is 0 Å². The van der Waals surface area contributed by atoms with Crippen molar-refractivity contribution in [2.75, 3.05) is 7.05 Å². The fourth-order valence-corrected chi connectivity index (χ4v) is 1.33. The third-order valence-corrected chi connectivity index (χ3v) is 2.47. The van der Waals surface area contributed by atoms with Gasteiger partial charge in [-0.05, 0) is 36.8 Å². The van der Waals surface area contributed by atoms with Crippen molar-refractivity contribution in [1.82, 2.24) is 5.32 Å². The van der Waals surface area contributed by atoms with Crippen LogP contribution in [0.2, 0.25) is 0 Å². The maximum atomic E-state index is 9.26. The number of benzene rings is 1. The van der Waals surface area contributed by atoms with Crippen molar-refractivity contribution in [3.63, 3.8) is 0 Å². The van der Waals surface area contributed by atoms with Gasteiger partial charge in [0.1, 0.15) is 0 Å². The van der Waals surface area contributed by atoms with E-state index in [-0.39, 0.29) is 0 Å². The van der Waals surface area contributed by atoms with E-state index in [0.717, 1.165) is 5.92 Å². The van der Waals surface area contributed by atoms with Gasteiger partial charge < -0.3 is 10.4 Å². The van der Waals surface area contributed by atoms with Gasteiger partial charge in [-0.1, -0.05) is 52.0 Å². The van der Waals surface area contributed by atoms with Crippen LogP contribution in [0.25, 0.3) is 0 Å². The second kappa shape index (κ2) is 12.9. The molecule has 3 heteroatoms. The molecule has 3 nitrogen and oxygen atoms in total. The first-order valence-corrected chi connectivity index (χ1v) is 6.92. The number of rotatable bonds is 3. The van der Waals surface area contributed by atoms with E-state index in [0.29, 0.717) is 0 Å². The minimum Gasteiger partial charge on any atom is -0.465 e. The minimum absolute atomic E-state index is 0.810. The number of carbonyl (C=O) groups is 1. The summed E-state index contributed by atoms with van der Waals surface area (Å²) in [6.07, 6.45) is 1.53. The van der Waals surface area contributed by atoms with Crippen LogP contribution in [0.3, 0.4) is 0 Å². The summed E-state index contributed by atoms with van der Waals surface area (Å²) in [6.45, 7) is 10.7. The average molecular weight is 267 g/mol. The molecule has 0 aliphatic heterocycles. The predicted octanol–water partition coefficient (Wildman–Crippen LogP) is 4.49. The second-order valence-electron chi connectivity index (χ2n) is 4.41. The number of carboxylic acid groups (broad SMARTS) is 1. The molecule has 0 heterocycles. The highest BCUT2D eigenvalue weighted by atomic mass is 16.4. The smallest absolute Gasteiger partial charge is 0.404 e. The van der Waals surface area contributed by atoms with E-state index < -0.39 is 6.09 Å². The van der Waals surface area contributed by atoms with Gasteiger partial charge in [-0.15, -0.1) is 0 Å². The average Bonchev–Trinajstić information content (AvgIpc) is 2.40. The molecule has 0 saturated heterocycles. The Balaban J connectivity index is 0. The molecule has 2 N–H and O–H groups in total. The Morgan fingerprint density at radius 2 is 1.74 bits per heavy atom. The van der Waals surface area contributed by atoms with Gasteiger partial charge in [0.15, 0.2) is 0 Å². The zero-order valence-electron chi connectivity index (χ0n) is 13.2. The van der Waals surface area contributed by atoms with Gasteiger partial charge >= 0.3 is 6.09 Å². The number of nitrogens with one attached hydrogen (secondary N) is 1. The molecule has 0 radical (unpaired) electrons. The highest BCUT2D eigenvalue weighted by Crippen LogP contribution is 2.12. The van der Waals surface area contributed by atoms with Crippen LogP contribution in [0.5, 0.6) is 0 Å². The van der Waals surface area contributed by atoms with Crippen LogP contribution in [0.1, 0.15) is 45.2 Å². The molecule has 1 rings (SSSR count). The normalized spacial score (nSPS) is 8.79. The van der Waals surface area contributed by atoms with E-state index >= 15 is 0 Å². The zero-order valence-corrected chi connectivity index (χ0v) is 13.2. The molecule has 19 heavy (non-hydrogen) atoms. The van der Waals surface area contributed by atoms with Crippen molar-refractivity contribution in [3.05, 3.63) is 35.4 Å². The molecule has 0 aromatic heterocycles. The fourth-order valence-electron chi connectivity index (χ4n) is 1.33. The van der Waals surface area contributed by atoms with Crippen LogP contribution in [0.4, 0.5) is 4.79 Å². The van der Waals surface area contributed by atoms with E-state index in [2.05, 4.69) is 45.0 Å². The molecule has 1 aromatic carbocycles. The van der Waals surface area contributed by atoms with Gasteiger partial charge in [0.2, 0.25) is 0 Å². The van der Waals surface area contributed by atoms with Crippen LogP contribution in [0.15, 0.2) is 24.3 Å². The molecule has 0 saturated carbocycles. The Kier molecular flexibility index (Phi) is 13.5. The number of amides is 1. The zero-order chi connectivity index (χ0) is 15.3. The summed E-state index contributed by atoms with van der Waals surface area (Å²) in [5.41, 5.74) is 2.93. The first-order valence-electron chi connectivity index (χ1n) is 6.92. The summed E-state index contributed by atoms with van der Waals surface area (Å²) in [5, 5.41) is 9.56. The highest BCUT2D eigenvalue weighted by Gasteiger charge is 1.98. The molecule has 0 bridgehead atoms. The van der Waals surface area contributed by atoms with Crippen molar-refractivity contribution in [2.45, 2.75) is 47.5 Å². The first kappa shape index (κ1) is 19.8. The second-order valence-corrected chi connectivity index (χ2v) is 4.41. The molecule has 110 valence electrons. The molecular formula is C16H29NO2. The maximum absolute atomic E-state index is 9.26. The van der Waals surface area contributed by atoms with E-state index in [1.54, 1.807) is 0 Å². The van der Waals surface area contributed by atoms with E-state index in [1.165, 1.54) is 31.0 Å². The maximum Gasteiger partial charge on any atom is 0.404 e. The Morgan fingerprint density at radius 1 is 1.26 bits per heavy atom. The largest absolute Gasteiger partial charge is 0.465 e. The third-order valence-electron chi connectivity index (χ3n) is 2.47. The lowest BCUT2D eigenvalue weighted by molar-refractivity contribution is 0.197. The highest BCUT2D eigenvalue weighted by molar-refractivity contribution is 5.63. The molecule has 1 amide bonds. The predicted molar refractivity (Wildman–Crippen MR) is 82.8 cm³/mol. The number of aryl methyl sites for hydroxylation is 2. The third kappa shape index (κ3) is 12.7. The van der Waals surface area contributed by atoms with Crippen molar-refractivity contribution >= 4 is 6.09 Å². The SMILES string of the molecule is CC.CNC(=O)O.Cc1ccccc1CCC(C)C. The Labute approximate surface area is 118 Å². The molecule has 0 aliphatic carbocycles. The van der Waals surface area contributed by atoms with Crippen LogP contribution in [0, 0.1) is 12.8 Å². The lowest BCUT2D eigenvalue weighted by atomic mass is 9.99. The first-order chi connectivity index (χ1) is 8.97. The number of hydrogen-bond donors (Lipinski definition) is 2. The van der Waals surface area contributed by atoms with Crippen LogP contribution >= 0.6 is 0 Å². The summed E-state index contributed by atoms with van der Waals surface area (Å²) in [4.78, 5) is 9.26. The van der Waals surface area contributed by atoms with E-state index in [4.69, 9.17) is 5.11 Å². The molecule has 0 atom stereocenters. The summed E-state index contributed by atoms with van der Waals surface area (Å²) >= 11 is 0. The molecule has 0 fully saturated rings. The van der Waals surface area contributed by atoms with Crippen molar-refractivity contribution in [1.29, 1.82) is 0 Å². The molecule has 0 unspecified atom stereocenters. The van der Waals surface area contributed by atoms with E-state index in [9.17, 15) is 4.79 Å². The minimum atomic E-state index is -0.995. The van der Waals surface area contributed by atoms with Crippen LogP contribution < -0.4 is 5.32 Å². The van der Waals surface area contributed by atoms with Gasteiger partial charge in [0.05, 0.1) is 0 Å². The number of hydrogen-bond acceptors (Lipinski definition) is 1. The molecule has 0 aliphatic rings. The molecular weight excluding hydrogens is 238 g/mol. The van der Waals surface area contributed by atoms with Crippen LogP contribution in [-0.4, -0.2) is 18.2 Å². The van der Waals surface area contributed by atoms with Crippen LogP contribution in [-0.2, 0) is 6.42 Å². The standard InChI is InChI=1S/C12H18.C2H5NO2.C2H6/c1-10(2)8-9-12-7-5-4-6-11(12)3;1-3-2(4)5;1-2/h4-7,10H,8-9H2,1-3H3;3H,1H3,(H,4,5);1-2H3. The van der Waals surface area contributed by atoms with Gasteiger partial charge in [0, 0.05) is 7.05 Å². The van der Waals surface area contributed by atoms with Gasteiger partial charge in [-0.25, -0.2) is 4.79 Å². The quantitative estimate of drug-likeness (QED) is 0.847. The summed E-state index contributed by atoms with van der Waals surface area (Å²) in [5.74, 6) is 0.810.